The van der Waals surface area contributed by atoms with E-state index >= 15 is 0 Å². The summed E-state index contributed by atoms with van der Waals surface area (Å²) >= 11 is 0. The second-order valence-electron chi connectivity index (χ2n) is 4.90. The van der Waals surface area contributed by atoms with Gasteiger partial charge >= 0.3 is 6.18 Å². The van der Waals surface area contributed by atoms with Gasteiger partial charge in [-0.25, -0.2) is 0 Å². The van der Waals surface area contributed by atoms with Crippen molar-refractivity contribution >= 4 is 5.78 Å². The highest BCUT2D eigenvalue weighted by Gasteiger charge is 2.39. The number of hydrogen-bond acceptors (Lipinski definition) is 4. The Bertz CT molecular complexity index is 590. The van der Waals surface area contributed by atoms with Gasteiger partial charge in [0.1, 0.15) is 5.76 Å². The molecule has 0 radical (unpaired) electrons. The predicted molar refractivity (Wildman–Crippen MR) is 65.8 cm³/mol. The van der Waals surface area contributed by atoms with Crippen LogP contribution in [-0.2, 0) is 22.8 Å². The molecule has 1 aromatic rings. The van der Waals surface area contributed by atoms with Crippen molar-refractivity contribution in [3.63, 3.8) is 0 Å². The van der Waals surface area contributed by atoms with Crippen LogP contribution in [0.25, 0.3) is 0 Å². The standard InChI is InChI=1S/C13H15F3N2O3/c1-7-9(19)4-3-5-10(7)21-12(20)8-6-18(2)17-11(8)13(14,15)16/h6,12,20H,3-5H2,1-2H3. The number of allylic oxidation sites excluding steroid dienone is 2. The zero-order chi connectivity index (χ0) is 15.8. The molecule has 1 aromatic heterocycles. The Kier molecular flexibility index (Phi) is 4.08. The molecule has 5 nitrogen and oxygen atoms in total. The smallest absolute Gasteiger partial charge is 0.435 e. The van der Waals surface area contributed by atoms with Crippen LogP contribution in [0, 0.1) is 0 Å². The molecule has 0 aliphatic heterocycles. The summed E-state index contributed by atoms with van der Waals surface area (Å²) < 4.78 is 44.6. The van der Waals surface area contributed by atoms with Gasteiger partial charge in [-0.3, -0.25) is 9.48 Å². The van der Waals surface area contributed by atoms with Crippen molar-refractivity contribution < 1.29 is 27.8 Å². The third-order valence-electron chi connectivity index (χ3n) is 3.29. The lowest BCUT2D eigenvalue weighted by Gasteiger charge is -2.21. The number of alkyl halides is 3. The molecule has 116 valence electrons. The van der Waals surface area contributed by atoms with Gasteiger partial charge < -0.3 is 9.84 Å². The van der Waals surface area contributed by atoms with Gasteiger partial charge in [-0.05, 0) is 13.3 Å². The second kappa shape index (κ2) is 5.51. The third kappa shape index (κ3) is 3.26. The lowest BCUT2D eigenvalue weighted by molar-refractivity contribution is -0.147. The van der Waals surface area contributed by atoms with Crippen molar-refractivity contribution in [3.05, 3.63) is 28.8 Å². The highest BCUT2D eigenvalue weighted by atomic mass is 19.4. The molecular formula is C13H15F3N2O3. The second-order valence-corrected chi connectivity index (χ2v) is 4.90. The van der Waals surface area contributed by atoms with E-state index in [1.807, 2.05) is 0 Å². The molecule has 1 atom stereocenters. The van der Waals surface area contributed by atoms with Gasteiger partial charge in [0.05, 0.1) is 5.56 Å². The predicted octanol–water partition coefficient (Wildman–Crippen LogP) is 2.47. The van der Waals surface area contributed by atoms with E-state index < -0.39 is 23.7 Å². The van der Waals surface area contributed by atoms with E-state index in [0.717, 1.165) is 10.9 Å². The number of carbonyl (C=O) groups is 1. The number of Topliss-reactive ketones (excluding diaryl/α,β-unsaturated/α-hetero) is 1. The van der Waals surface area contributed by atoms with E-state index in [0.29, 0.717) is 24.8 Å². The first-order chi connectivity index (χ1) is 9.70. The number of aliphatic hydroxyl groups excluding tert-OH is 1. The largest absolute Gasteiger partial charge is 0.465 e. The van der Waals surface area contributed by atoms with E-state index in [2.05, 4.69) is 5.10 Å². The third-order valence-corrected chi connectivity index (χ3v) is 3.29. The normalized spacial score (nSPS) is 18.1. The van der Waals surface area contributed by atoms with Gasteiger partial charge in [-0.1, -0.05) is 0 Å². The SMILES string of the molecule is CC1=C(OC(O)c2cn(C)nc2C(F)(F)F)CCCC1=O. The minimum atomic E-state index is -4.69. The lowest BCUT2D eigenvalue weighted by Crippen LogP contribution is -2.16. The topological polar surface area (TPSA) is 64.3 Å². The molecule has 0 aromatic carbocycles. The Morgan fingerprint density at radius 1 is 1.43 bits per heavy atom. The Labute approximate surface area is 119 Å². The monoisotopic (exact) mass is 304 g/mol. The number of nitrogens with zero attached hydrogens (tertiary/aromatic N) is 2. The summed E-state index contributed by atoms with van der Waals surface area (Å²) in [6.45, 7) is 1.54. The Morgan fingerprint density at radius 3 is 2.71 bits per heavy atom. The van der Waals surface area contributed by atoms with Crippen LogP contribution in [-0.4, -0.2) is 20.7 Å². The number of aryl methyl sites for hydroxylation is 1. The van der Waals surface area contributed by atoms with Crippen LogP contribution in [0.4, 0.5) is 13.2 Å². The van der Waals surface area contributed by atoms with Crippen molar-refractivity contribution in [2.24, 2.45) is 7.05 Å². The molecule has 0 saturated heterocycles. The zero-order valence-corrected chi connectivity index (χ0v) is 11.6. The summed E-state index contributed by atoms with van der Waals surface area (Å²) in [4.78, 5) is 11.5. The van der Waals surface area contributed by atoms with Crippen LogP contribution >= 0.6 is 0 Å². The van der Waals surface area contributed by atoms with E-state index in [4.69, 9.17) is 4.74 Å². The molecule has 0 amide bonds. The average molecular weight is 304 g/mol. The summed E-state index contributed by atoms with van der Waals surface area (Å²) in [5.41, 5.74) is -1.32. The summed E-state index contributed by atoms with van der Waals surface area (Å²) in [7, 11) is 1.32. The molecule has 2 rings (SSSR count). The lowest BCUT2D eigenvalue weighted by atomic mass is 9.97. The van der Waals surface area contributed by atoms with Crippen molar-refractivity contribution in [1.82, 2.24) is 9.78 Å². The minimum Gasteiger partial charge on any atom is -0.465 e. The maximum absolute atomic E-state index is 12.8. The van der Waals surface area contributed by atoms with Crippen molar-refractivity contribution in [2.75, 3.05) is 0 Å². The summed E-state index contributed by atoms with van der Waals surface area (Å²) in [5.74, 6) is 0.112. The van der Waals surface area contributed by atoms with Gasteiger partial charge in [0, 0.05) is 31.7 Å². The quantitative estimate of drug-likeness (QED) is 0.871. The number of aliphatic hydroxyl groups is 1. The fourth-order valence-corrected chi connectivity index (χ4v) is 2.19. The summed E-state index contributed by atoms with van der Waals surface area (Å²) in [5, 5.41) is 13.2. The molecule has 0 spiro atoms. The van der Waals surface area contributed by atoms with Crippen LogP contribution in [0.3, 0.4) is 0 Å². The molecule has 8 heteroatoms. The zero-order valence-electron chi connectivity index (χ0n) is 11.6. The number of ether oxygens (including phenoxy) is 1. The molecule has 1 aliphatic carbocycles. The van der Waals surface area contributed by atoms with Gasteiger partial charge in [0.25, 0.3) is 0 Å². The molecular weight excluding hydrogens is 289 g/mol. The van der Waals surface area contributed by atoms with E-state index in [1.165, 1.54) is 14.0 Å². The Morgan fingerprint density at radius 2 is 2.10 bits per heavy atom. The first kappa shape index (κ1) is 15.6. The number of carbonyl (C=O) groups excluding carboxylic acids is 1. The number of halogens is 3. The highest BCUT2D eigenvalue weighted by molar-refractivity contribution is 5.95. The fraction of sp³-hybridized carbons (Fsp3) is 0.538. The number of rotatable bonds is 3. The number of ketones is 1. The summed E-state index contributed by atoms with van der Waals surface area (Å²) in [6.07, 6.45) is -4.10. The first-order valence-electron chi connectivity index (χ1n) is 6.38. The van der Waals surface area contributed by atoms with E-state index in [-0.39, 0.29) is 11.5 Å². The first-order valence-corrected chi connectivity index (χ1v) is 6.38. The van der Waals surface area contributed by atoms with Crippen molar-refractivity contribution in [2.45, 2.75) is 38.7 Å². The van der Waals surface area contributed by atoms with Gasteiger partial charge in [0.2, 0.25) is 6.29 Å². The van der Waals surface area contributed by atoms with Crippen LogP contribution in [0.2, 0.25) is 0 Å². The molecule has 1 aliphatic rings. The average Bonchev–Trinajstić information content (AvgIpc) is 2.77. The van der Waals surface area contributed by atoms with Crippen LogP contribution < -0.4 is 0 Å². The molecule has 0 fully saturated rings. The van der Waals surface area contributed by atoms with Crippen LogP contribution in [0.15, 0.2) is 17.5 Å². The van der Waals surface area contributed by atoms with Crippen LogP contribution in [0.5, 0.6) is 0 Å². The Balaban J connectivity index is 2.27. The molecule has 0 saturated carbocycles. The minimum absolute atomic E-state index is 0.120. The molecule has 1 N–H and O–H groups in total. The van der Waals surface area contributed by atoms with Crippen molar-refractivity contribution in [1.29, 1.82) is 0 Å². The van der Waals surface area contributed by atoms with Gasteiger partial charge in [0.15, 0.2) is 11.5 Å². The summed E-state index contributed by atoms with van der Waals surface area (Å²) in [6, 6.07) is 0. The van der Waals surface area contributed by atoms with E-state index in [1.54, 1.807) is 0 Å². The maximum atomic E-state index is 12.8. The van der Waals surface area contributed by atoms with Gasteiger partial charge in [-0.15, -0.1) is 0 Å². The van der Waals surface area contributed by atoms with E-state index in [9.17, 15) is 23.1 Å². The Hall–Kier alpha value is -1.83. The number of hydrogen-bond donors (Lipinski definition) is 1. The van der Waals surface area contributed by atoms with Gasteiger partial charge in [-0.2, -0.15) is 18.3 Å². The molecule has 1 heterocycles. The van der Waals surface area contributed by atoms with Crippen molar-refractivity contribution in [3.8, 4) is 0 Å². The highest BCUT2D eigenvalue weighted by Crippen LogP contribution is 2.35. The number of aromatic nitrogens is 2. The molecule has 21 heavy (non-hydrogen) atoms. The fourth-order valence-electron chi connectivity index (χ4n) is 2.19. The van der Waals surface area contributed by atoms with Crippen LogP contribution in [0.1, 0.15) is 43.7 Å². The molecule has 1 unspecified atom stereocenters. The molecule has 0 bridgehead atoms. The maximum Gasteiger partial charge on any atom is 0.435 e.